The molecule has 0 amide bonds. The average Bonchev–Trinajstić information content (AvgIpc) is 3.41. The van der Waals surface area contributed by atoms with Crippen LogP contribution >= 0.6 is 11.3 Å². The third-order valence-electron chi connectivity index (χ3n) is 4.76. The molecule has 0 radical (unpaired) electrons. The van der Waals surface area contributed by atoms with Crippen molar-refractivity contribution in [1.82, 2.24) is 20.0 Å². The summed E-state index contributed by atoms with van der Waals surface area (Å²) in [5.41, 5.74) is 2.15. The number of aliphatic imine (C=N–C) groups is 1. The quantitative estimate of drug-likeness (QED) is 0.522. The summed E-state index contributed by atoms with van der Waals surface area (Å²) in [6, 6.07) is 8.51. The van der Waals surface area contributed by atoms with Gasteiger partial charge >= 0.3 is 0 Å². The molecule has 1 fully saturated rings. The summed E-state index contributed by atoms with van der Waals surface area (Å²) in [6.07, 6.45) is 5.12. The molecule has 8 heteroatoms. The molecule has 2 N–H and O–H groups in total. The number of thiazole rings is 1. The molecule has 1 aromatic carbocycles. The van der Waals surface area contributed by atoms with E-state index in [1.807, 2.05) is 34.3 Å². The van der Waals surface area contributed by atoms with E-state index >= 15 is 0 Å². The number of anilines is 1. The zero-order valence-corrected chi connectivity index (χ0v) is 16.4. The Hall–Kier alpha value is -2.74. The van der Waals surface area contributed by atoms with Crippen molar-refractivity contribution in [3.05, 3.63) is 47.7 Å². The summed E-state index contributed by atoms with van der Waals surface area (Å²) in [6.45, 7) is 2.56. The number of methoxy groups -OCH3 is 1. The fourth-order valence-corrected chi connectivity index (χ4v) is 4.13. The maximum Gasteiger partial charge on any atom is 0.193 e. The van der Waals surface area contributed by atoms with Crippen molar-refractivity contribution in [2.45, 2.75) is 19.0 Å². The van der Waals surface area contributed by atoms with E-state index in [9.17, 15) is 0 Å². The molecule has 1 atom stereocenters. The number of para-hydroxylation sites is 2. The lowest BCUT2D eigenvalue weighted by molar-refractivity contribution is 0.415. The second-order valence-corrected chi connectivity index (χ2v) is 7.37. The van der Waals surface area contributed by atoms with E-state index in [4.69, 9.17) is 4.74 Å². The molecule has 3 heterocycles. The molecule has 27 heavy (non-hydrogen) atoms. The molecular formula is C19H24N6OS. The van der Waals surface area contributed by atoms with Crippen molar-refractivity contribution >= 4 is 27.9 Å². The predicted octanol–water partition coefficient (Wildman–Crippen LogP) is 2.35. The van der Waals surface area contributed by atoms with Crippen LogP contribution in [0.1, 0.15) is 12.1 Å². The van der Waals surface area contributed by atoms with E-state index in [-0.39, 0.29) is 0 Å². The van der Waals surface area contributed by atoms with E-state index in [1.165, 1.54) is 0 Å². The molecule has 0 aliphatic carbocycles. The third-order valence-corrected chi connectivity index (χ3v) is 5.53. The van der Waals surface area contributed by atoms with Gasteiger partial charge in [0.15, 0.2) is 10.9 Å². The summed E-state index contributed by atoms with van der Waals surface area (Å²) in [5.74, 6) is 1.72. The average molecular weight is 385 g/mol. The first-order valence-corrected chi connectivity index (χ1v) is 9.91. The Morgan fingerprint density at radius 2 is 2.30 bits per heavy atom. The van der Waals surface area contributed by atoms with Crippen molar-refractivity contribution in [2.75, 3.05) is 32.1 Å². The maximum absolute atomic E-state index is 5.49. The number of nitrogens with zero attached hydrogens (tertiary/aromatic N) is 4. The number of fused-ring (bicyclic) bond motifs is 1. The van der Waals surface area contributed by atoms with Gasteiger partial charge in [0.1, 0.15) is 5.75 Å². The summed E-state index contributed by atoms with van der Waals surface area (Å²) < 4.78 is 7.54. The van der Waals surface area contributed by atoms with Crippen LogP contribution in [-0.2, 0) is 6.54 Å². The van der Waals surface area contributed by atoms with Gasteiger partial charge in [0.2, 0.25) is 0 Å². The number of imidazole rings is 1. The van der Waals surface area contributed by atoms with E-state index < -0.39 is 0 Å². The highest BCUT2D eigenvalue weighted by Gasteiger charge is 2.25. The minimum absolute atomic E-state index is 0.339. The molecule has 1 aliphatic heterocycles. The summed E-state index contributed by atoms with van der Waals surface area (Å²) in [7, 11) is 3.52. The van der Waals surface area contributed by atoms with Crippen LogP contribution in [0.25, 0.3) is 4.96 Å². The van der Waals surface area contributed by atoms with E-state index in [0.29, 0.717) is 12.6 Å². The molecule has 2 aromatic heterocycles. The number of hydrogen-bond donors (Lipinski definition) is 2. The van der Waals surface area contributed by atoms with Crippen molar-refractivity contribution < 1.29 is 4.74 Å². The zero-order chi connectivity index (χ0) is 18.6. The third kappa shape index (κ3) is 3.85. The molecule has 1 aliphatic rings. The lowest BCUT2D eigenvalue weighted by atomic mass is 10.2. The minimum atomic E-state index is 0.339. The Labute approximate surface area is 162 Å². The van der Waals surface area contributed by atoms with Crippen molar-refractivity contribution in [2.24, 2.45) is 4.99 Å². The minimum Gasteiger partial charge on any atom is -0.495 e. The van der Waals surface area contributed by atoms with Crippen molar-refractivity contribution in [3.8, 4) is 5.75 Å². The largest absolute Gasteiger partial charge is 0.495 e. The Morgan fingerprint density at radius 3 is 3.11 bits per heavy atom. The molecule has 4 rings (SSSR count). The molecule has 1 unspecified atom stereocenters. The number of guanidine groups is 1. The molecule has 7 nitrogen and oxygen atoms in total. The Kier molecular flexibility index (Phi) is 5.15. The van der Waals surface area contributed by atoms with E-state index in [2.05, 4.69) is 37.6 Å². The van der Waals surface area contributed by atoms with Crippen LogP contribution < -0.4 is 20.3 Å². The van der Waals surface area contributed by atoms with Crippen molar-refractivity contribution in [3.63, 3.8) is 0 Å². The molecule has 0 bridgehead atoms. The number of hydrogen-bond acceptors (Lipinski definition) is 5. The van der Waals surface area contributed by atoms with Gasteiger partial charge in [-0.25, -0.2) is 4.98 Å². The topological polar surface area (TPSA) is 66.2 Å². The van der Waals surface area contributed by atoms with Crippen LogP contribution in [0.4, 0.5) is 5.69 Å². The molecule has 3 aromatic rings. The highest BCUT2D eigenvalue weighted by atomic mass is 32.1. The number of ether oxygens (including phenoxy) is 1. The lowest BCUT2D eigenvalue weighted by Gasteiger charge is -2.22. The second kappa shape index (κ2) is 7.87. The molecular weight excluding hydrogens is 360 g/mol. The van der Waals surface area contributed by atoms with Gasteiger partial charge in [-0.1, -0.05) is 12.1 Å². The van der Waals surface area contributed by atoms with Crippen LogP contribution in [0.2, 0.25) is 0 Å². The summed E-state index contributed by atoms with van der Waals surface area (Å²) in [5, 5.41) is 8.93. The molecule has 0 spiro atoms. The van der Waals surface area contributed by atoms with Crippen LogP contribution in [0.15, 0.2) is 47.0 Å². The standard InChI is InChI=1S/C19H24N6OS/c1-20-18(21-11-15-13-25-9-10-27-19(25)23-15)22-14-7-8-24(12-14)16-5-3-4-6-17(16)26-2/h3-6,9-10,13-14H,7-8,11-12H2,1-2H3,(H2,20,21,22). The van der Waals surface area contributed by atoms with Gasteiger partial charge in [-0.15, -0.1) is 11.3 Å². The van der Waals surface area contributed by atoms with E-state index in [0.717, 1.165) is 47.6 Å². The summed E-state index contributed by atoms with van der Waals surface area (Å²) in [4.78, 5) is 12.3. The number of rotatable bonds is 5. The number of benzene rings is 1. The lowest BCUT2D eigenvalue weighted by Crippen LogP contribution is -2.44. The van der Waals surface area contributed by atoms with Gasteiger partial charge in [0.05, 0.1) is 25.0 Å². The fourth-order valence-electron chi connectivity index (χ4n) is 3.41. The van der Waals surface area contributed by atoms with Gasteiger partial charge in [-0.05, 0) is 18.6 Å². The first-order chi connectivity index (χ1) is 13.3. The maximum atomic E-state index is 5.49. The van der Waals surface area contributed by atoms with Crippen LogP contribution in [0.3, 0.4) is 0 Å². The van der Waals surface area contributed by atoms with E-state index in [1.54, 1.807) is 25.5 Å². The van der Waals surface area contributed by atoms with Crippen LogP contribution in [0.5, 0.6) is 5.75 Å². The molecule has 0 saturated carbocycles. The Bertz CT molecular complexity index is 905. The van der Waals surface area contributed by atoms with Crippen LogP contribution in [-0.4, -0.2) is 48.6 Å². The van der Waals surface area contributed by atoms with Crippen molar-refractivity contribution in [1.29, 1.82) is 0 Å². The van der Waals surface area contributed by atoms with Crippen LogP contribution in [0, 0.1) is 0 Å². The monoisotopic (exact) mass is 384 g/mol. The SMILES string of the molecule is CN=C(NCc1cn2ccsc2n1)NC1CCN(c2ccccc2OC)C1. The Morgan fingerprint density at radius 1 is 1.41 bits per heavy atom. The summed E-state index contributed by atoms with van der Waals surface area (Å²) >= 11 is 1.64. The van der Waals surface area contributed by atoms with Gasteiger partial charge < -0.3 is 20.3 Å². The second-order valence-electron chi connectivity index (χ2n) is 6.50. The molecule has 142 valence electrons. The number of aromatic nitrogens is 2. The predicted molar refractivity (Wildman–Crippen MR) is 110 cm³/mol. The highest BCUT2D eigenvalue weighted by molar-refractivity contribution is 7.15. The molecule has 1 saturated heterocycles. The first kappa shape index (κ1) is 17.7. The van der Waals surface area contributed by atoms with Gasteiger partial charge in [0.25, 0.3) is 0 Å². The highest BCUT2D eigenvalue weighted by Crippen LogP contribution is 2.30. The van der Waals surface area contributed by atoms with Gasteiger partial charge in [0, 0.05) is 44.0 Å². The number of nitrogens with one attached hydrogen (secondary N) is 2. The normalized spacial score (nSPS) is 17.5. The first-order valence-electron chi connectivity index (χ1n) is 9.03. The zero-order valence-electron chi connectivity index (χ0n) is 15.6. The fraction of sp³-hybridized carbons (Fsp3) is 0.368. The van der Waals surface area contributed by atoms with Gasteiger partial charge in [-0.3, -0.25) is 9.39 Å². The van der Waals surface area contributed by atoms with Gasteiger partial charge in [-0.2, -0.15) is 0 Å². The Balaban J connectivity index is 1.33. The smallest absolute Gasteiger partial charge is 0.193 e.